The number of nitrogens with zero attached hydrogens (tertiary/aromatic N) is 1. The van der Waals surface area contributed by atoms with E-state index in [1.807, 2.05) is 12.1 Å². The van der Waals surface area contributed by atoms with Crippen molar-refractivity contribution in [1.82, 2.24) is 9.97 Å². The molecule has 3 aromatic rings. The molecule has 0 bridgehead atoms. The first-order valence-corrected chi connectivity index (χ1v) is 8.51. The highest BCUT2D eigenvalue weighted by molar-refractivity contribution is 6.04. The standard InChI is InChI=1S/C21H20FN3O2/c1-21(2,3)14-9-7-13(8-10-14)20(27)25-16-6-4-5-15(19(16)22)17-11-24-18(26)12-23-17/h4-12H,1-3H3,(H,24,26)(H,25,27). The summed E-state index contributed by atoms with van der Waals surface area (Å²) in [5.41, 5.74) is 1.67. The van der Waals surface area contributed by atoms with Gasteiger partial charge in [0.05, 0.1) is 17.6 Å². The second-order valence-corrected chi connectivity index (χ2v) is 7.24. The lowest BCUT2D eigenvalue weighted by atomic mass is 9.87. The summed E-state index contributed by atoms with van der Waals surface area (Å²) in [6.07, 6.45) is 2.41. The van der Waals surface area contributed by atoms with Gasteiger partial charge in [-0.25, -0.2) is 9.37 Å². The molecule has 27 heavy (non-hydrogen) atoms. The number of H-pyrrole nitrogens is 1. The third-order valence-corrected chi connectivity index (χ3v) is 4.21. The van der Waals surface area contributed by atoms with Crippen LogP contribution in [-0.2, 0) is 5.41 Å². The molecule has 0 aliphatic heterocycles. The first-order valence-electron chi connectivity index (χ1n) is 8.51. The van der Waals surface area contributed by atoms with E-state index in [2.05, 4.69) is 36.1 Å². The largest absolute Gasteiger partial charge is 0.326 e. The van der Waals surface area contributed by atoms with Crippen molar-refractivity contribution in [2.24, 2.45) is 0 Å². The number of benzene rings is 2. The number of amides is 1. The number of carbonyl (C=O) groups is 1. The van der Waals surface area contributed by atoms with E-state index in [1.54, 1.807) is 18.2 Å². The Balaban J connectivity index is 1.85. The molecule has 1 aromatic heterocycles. The first kappa shape index (κ1) is 18.5. The van der Waals surface area contributed by atoms with Crippen molar-refractivity contribution in [3.05, 3.63) is 82.2 Å². The maximum absolute atomic E-state index is 14.8. The summed E-state index contributed by atoms with van der Waals surface area (Å²) in [6, 6.07) is 11.9. The van der Waals surface area contributed by atoms with Crippen LogP contribution in [0.2, 0.25) is 0 Å². The van der Waals surface area contributed by atoms with Gasteiger partial charge in [-0.15, -0.1) is 0 Å². The highest BCUT2D eigenvalue weighted by Gasteiger charge is 2.16. The lowest BCUT2D eigenvalue weighted by Crippen LogP contribution is -2.15. The number of carbonyl (C=O) groups excluding carboxylic acids is 1. The van der Waals surface area contributed by atoms with Gasteiger partial charge in [-0.1, -0.05) is 39.0 Å². The fraction of sp³-hybridized carbons (Fsp3) is 0.190. The van der Waals surface area contributed by atoms with Gasteiger partial charge in [-0.3, -0.25) is 9.59 Å². The lowest BCUT2D eigenvalue weighted by molar-refractivity contribution is 0.102. The van der Waals surface area contributed by atoms with E-state index in [-0.39, 0.29) is 27.9 Å². The number of hydrogen-bond acceptors (Lipinski definition) is 3. The van der Waals surface area contributed by atoms with Gasteiger partial charge >= 0.3 is 0 Å². The third-order valence-electron chi connectivity index (χ3n) is 4.21. The maximum Gasteiger partial charge on any atom is 0.266 e. The number of hydrogen-bond donors (Lipinski definition) is 2. The zero-order valence-electron chi connectivity index (χ0n) is 15.3. The third kappa shape index (κ3) is 4.11. The summed E-state index contributed by atoms with van der Waals surface area (Å²) in [7, 11) is 0. The molecule has 1 heterocycles. The Morgan fingerprint density at radius 2 is 1.81 bits per heavy atom. The van der Waals surface area contributed by atoms with Gasteiger partial charge in [0.15, 0.2) is 5.82 Å². The second kappa shape index (κ2) is 7.15. The summed E-state index contributed by atoms with van der Waals surface area (Å²) < 4.78 is 14.8. The Kier molecular flexibility index (Phi) is 4.90. The van der Waals surface area contributed by atoms with Crippen molar-refractivity contribution in [2.45, 2.75) is 26.2 Å². The molecule has 0 aliphatic rings. The van der Waals surface area contributed by atoms with Crippen molar-refractivity contribution < 1.29 is 9.18 Å². The van der Waals surface area contributed by atoms with Crippen LogP contribution in [0, 0.1) is 5.82 Å². The lowest BCUT2D eigenvalue weighted by Gasteiger charge is -2.19. The van der Waals surface area contributed by atoms with Crippen LogP contribution in [0.4, 0.5) is 10.1 Å². The molecule has 0 unspecified atom stereocenters. The minimum atomic E-state index is -0.614. The summed E-state index contributed by atoms with van der Waals surface area (Å²) >= 11 is 0. The van der Waals surface area contributed by atoms with E-state index < -0.39 is 11.7 Å². The Morgan fingerprint density at radius 1 is 1.11 bits per heavy atom. The maximum atomic E-state index is 14.8. The number of anilines is 1. The van der Waals surface area contributed by atoms with Crippen LogP contribution in [0.25, 0.3) is 11.3 Å². The predicted molar refractivity (Wildman–Crippen MR) is 103 cm³/mol. The van der Waals surface area contributed by atoms with Crippen molar-refractivity contribution in [1.29, 1.82) is 0 Å². The Morgan fingerprint density at radius 3 is 2.41 bits per heavy atom. The summed E-state index contributed by atoms with van der Waals surface area (Å²) in [4.78, 5) is 30.0. The Hall–Kier alpha value is -3.28. The smallest absolute Gasteiger partial charge is 0.266 e. The highest BCUT2D eigenvalue weighted by Crippen LogP contribution is 2.26. The Bertz CT molecular complexity index is 1010. The van der Waals surface area contributed by atoms with Crippen molar-refractivity contribution >= 4 is 11.6 Å². The number of aromatic amines is 1. The molecule has 2 aromatic carbocycles. The SMILES string of the molecule is CC(C)(C)c1ccc(C(=O)Nc2cccc(-c3c[nH]c(=O)cn3)c2F)cc1. The van der Waals surface area contributed by atoms with Crippen molar-refractivity contribution in [3.63, 3.8) is 0 Å². The summed E-state index contributed by atoms with van der Waals surface area (Å²) in [5.74, 6) is -1.02. The molecular weight excluding hydrogens is 345 g/mol. The number of nitrogens with one attached hydrogen (secondary N) is 2. The monoisotopic (exact) mass is 365 g/mol. The predicted octanol–water partition coefficient (Wildman–Crippen LogP) is 4.13. The van der Waals surface area contributed by atoms with Gasteiger partial charge in [-0.2, -0.15) is 0 Å². The van der Waals surface area contributed by atoms with Crippen LogP contribution in [0.5, 0.6) is 0 Å². The molecule has 6 heteroatoms. The molecule has 3 rings (SSSR count). The van der Waals surface area contributed by atoms with Crippen LogP contribution >= 0.6 is 0 Å². The van der Waals surface area contributed by atoms with Crippen molar-refractivity contribution in [2.75, 3.05) is 5.32 Å². The molecule has 138 valence electrons. The van der Waals surface area contributed by atoms with E-state index in [0.717, 1.165) is 11.8 Å². The van der Waals surface area contributed by atoms with E-state index >= 15 is 0 Å². The average Bonchev–Trinajstić information content (AvgIpc) is 2.64. The van der Waals surface area contributed by atoms with Crippen LogP contribution < -0.4 is 10.9 Å². The zero-order valence-corrected chi connectivity index (χ0v) is 15.3. The molecule has 0 radical (unpaired) electrons. The van der Waals surface area contributed by atoms with E-state index in [9.17, 15) is 14.0 Å². The summed E-state index contributed by atoms with van der Waals surface area (Å²) in [5, 5.41) is 2.59. The molecule has 1 amide bonds. The number of rotatable bonds is 3. The van der Waals surface area contributed by atoms with Gasteiger partial charge in [0.2, 0.25) is 0 Å². The molecule has 0 aliphatic carbocycles. The van der Waals surface area contributed by atoms with E-state index in [1.165, 1.54) is 18.3 Å². The Labute approximate surface area is 156 Å². The molecule has 0 atom stereocenters. The normalized spacial score (nSPS) is 11.3. The molecule has 0 spiro atoms. The molecule has 0 fully saturated rings. The topological polar surface area (TPSA) is 74.8 Å². The molecule has 0 saturated carbocycles. The van der Waals surface area contributed by atoms with Crippen LogP contribution in [0.3, 0.4) is 0 Å². The zero-order chi connectivity index (χ0) is 19.6. The van der Waals surface area contributed by atoms with Gasteiger partial charge in [0.25, 0.3) is 11.5 Å². The minimum absolute atomic E-state index is 0.0148. The minimum Gasteiger partial charge on any atom is -0.326 e. The van der Waals surface area contributed by atoms with Gasteiger partial charge in [-0.05, 0) is 35.2 Å². The quantitative estimate of drug-likeness (QED) is 0.733. The number of halogens is 1. The fourth-order valence-corrected chi connectivity index (χ4v) is 2.63. The highest BCUT2D eigenvalue weighted by atomic mass is 19.1. The van der Waals surface area contributed by atoms with Gasteiger partial charge < -0.3 is 10.3 Å². The molecular formula is C21H20FN3O2. The number of aromatic nitrogens is 2. The fourth-order valence-electron chi connectivity index (χ4n) is 2.63. The molecule has 2 N–H and O–H groups in total. The van der Waals surface area contributed by atoms with Crippen LogP contribution in [-0.4, -0.2) is 15.9 Å². The second-order valence-electron chi connectivity index (χ2n) is 7.24. The summed E-state index contributed by atoms with van der Waals surface area (Å²) in [6.45, 7) is 6.27. The van der Waals surface area contributed by atoms with Crippen molar-refractivity contribution in [3.8, 4) is 11.3 Å². The van der Waals surface area contributed by atoms with Crippen LogP contribution in [0.15, 0.2) is 59.7 Å². The molecule has 0 saturated heterocycles. The van der Waals surface area contributed by atoms with E-state index in [0.29, 0.717) is 5.56 Å². The average molecular weight is 365 g/mol. The van der Waals surface area contributed by atoms with E-state index in [4.69, 9.17) is 0 Å². The molecule has 5 nitrogen and oxygen atoms in total. The van der Waals surface area contributed by atoms with Gasteiger partial charge in [0.1, 0.15) is 0 Å². The first-order chi connectivity index (χ1) is 12.8. The van der Waals surface area contributed by atoms with Gasteiger partial charge in [0, 0.05) is 17.3 Å². The van der Waals surface area contributed by atoms with Crippen LogP contribution in [0.1, 0.15) is 36.7 Å².